The summed E-state index contributed by atoms with van der Waals surface area (Å²) in [5.41, 5.74) is 28.6. The van der Waals surface area contributed by atoms with Crippen molar-refractivity contribution in [1.82, 2.24) is 24.5 Å². The predicted molar refractivity (Wildman–Crippen MR) is 464 cm³/mol. The topological polar surface area (TPSA) is 63.0 Å². The van der Waals surface area contributed by atoms with E-state index < -0.39 is 0 Å². The standard InChI is InChI=1S/C104H67N7/c1-4-24-80(25-5-1)109(84-54-44-71(45-55-84)74-20-18-22-78(62-74)97-66-105-101-91-34-13-10-30-87(91)88-31-11-15-36-93(88)103(101)107-97)83-52-42-69(43-53-83)68-38-40-70(41-39-68)76-50-60-94-95(64-76)89-32-12-14-35-92(89)102-104(94)108-98(67-106-102)79-23-19-21-75(63-79)72-46-56-85(57-47-72)110(81-26-6-2-7-27-81)86-58-48-73(49-59-86)77-51-61-100-96(65-77)90-33-16-17-37-99(90)111(100)82-28-8-3-9-29-82/h1-67H. The summed E-state index contributed by atoms with van der Waals surface area (Å²) in [5, 5.41) is 11.5. The molecule has 111 heavy (non-hydrogen) atoms. The van der Waals surface area contributed by atoms with E-state index in [1.165, 1.54) is 38.1 Å². The molecule has 0 aliphatic rings. The van der Waals surface area contributed by atoms with Crippen molar-refractivity contribution in [3.63, 3.8) is 0 Å². The van der Waals surface area contributed by atoms with Crippen LogP contribution in [0.15, 0.2) is 407 Å². The number of hydrogen-bond donors (Lipinski definition) is 0. The third kappa shape index (κ3) is 11.5. The van der Waals surface area contributed by atoms with Crippen molar-refractivity contribution < 1.29 is 0 Å². The van der Waals surface area contributed by atoms with Gasteiger partial charge >= 0.3 is 0 Å². The van der Waals surface area contributed by atoms with Crippen LogP contribution < -0.4 is 9.80 Å². The van der Waals surface area contributed by atoms with Gasteiger partial charge in [0.2, 0.25) is 0 Å². The fourth-order valence-corrected chi connectivity index (χ4v) is 16.6. The van der Waals surface area contributed by atoms with Gasteiger partial charge in [0.25, 0.3) is 0 Å². The Labute approximate surface area is 641 Å². The van der Waals surface area contributed by atoms with E-state index in [9.17, 15) is 0 Å². The predicted octanol–water partition coefficient (Wildman–Crippen LogP) is 27.9. The van der Waals surface area contributed by atoms with Crippen molar-refractivity contribution in [1.29, 1.82) is 0 Å². The highest BCUT2D eigenvalue weighted by Gasteiger charge is 2.21. The minimum atomic E-state index is 0.820. The van der Waals surface area contributed by atoms with Gasteiger partial charge in [-0.15, -0.1) is 0 Å². The van der Waals surface area contributed by atoms with Crippen LogP contribution in [-0.2, 0) is 0 Å². The van der Waals surface area contributed by atoms with Crippen LogP contribution in [0, 0.1) is 0 Å². The lowest BCUT2D eigenvalue weighted by atomic mass is 9.94. The van der Waals surface area contributed by atoms with Crippen LogP contribution in [0.1, 0.15) is 0 Å². The van der Waals surface area contributed by atoms with Gasteiger partial charge in [-0.2, -0.15) is 0 Å². The lowest BCUT2D eigenvalue weighted by molar-refractivity contribution is 1.18. The second-order valence-electron chi connectivity index (χ2n) is 28.5. The lowest BCUT2D eigenvalue weighted by Gasteiger charge is -2.26. The second kappa shape index (κ2) is 27.1. The van der Waals surface area contributed by atoms with Gasteiger partial charge in [0.15, 0.2) is 0 Å². The fraction of sp³-hybridized carbons (Fsp3) is 0. The third-order valence-electron chi connectivity index (χ3n) is 22.0. The molecule has 3 heterocycles. The lowest BCUT2D eigenvalue weighted by Crippen LogP contribution is -2.09. The Morgan fingerprint density at radius 1 is 0.180 bits per heavy atom. The first-order chi connectivity index (χ1) is 55.0. The van der Waals surface area contributed by atoms with Gasteiger partial charge in [0, 0.05) is 83.3 Å². The summed E-state index contributed by atoms with van der Waals surface area (Å²) in [6.07, 6.45) is 3.85. The van der Waals surface area contributed by atoms with Gasteiger partial charge in [-0.05, 0) is 199 Å². The summed E-state index contributed by atoms with van der Waals surface area (Å²) >= 11 is 0. The van der Waals surface area contributed by atoms with Gasteiger partial charge in [-0.25, -0.2) is 9.97 Å². The maximum absolute atomic E-state index is 5.49. The molecule has 0 saturated carbocycles. The van der Waals surface area contributed by atoms with Crippen molar-refractivity contribution >= 4 is 121 Å². The maximum Gasteiger partial charge on any atom is 0.0979 e. The SMILES string of the molecule is c1ccc(N(c2ccc(-c3ccc(-c4ccc5c(c4)c4ccccc4c4ncc(-c6cccc(-c7ccc(N(c8ccccc8)c8ccc(-c9ccc%10c(c9)c9ccccc9n%10-c9ccccc9)cc8)cc7)c6)nc54)cc3)cc2)c2ccc(-c3cccc(-c4cnc5c6ccccc6c6ccccc6c5n4)c3)cc2)cc1. The van der Waals surface area contributed by atoms with Crippen LogP contribution in [0.2, 0.25) is 0 Å². The van der Waals surface area contributed by atoms with E-state index in [-0.39, 0.29) is 0 Å². The van der Waals surface area contributed by atoms with Crippen LogP contribution in [0.25, 0.3) is 171 Å². The molecule has 0 saturated heterocycles. The van der Waals surface area contributed by atoms with Crippen LogP contribution in [0.5, 0.6) is 0 Å². The van der Waals surface area contributed by atoms with Crippen molar-refractivity contribution in [3.05, 3.63) is 407 Å². The molecule has 0 fully saturated rings. The number of benzene rings is 18. The summed E-state index contributed by atoms with van der Waals surface area (Å²) in [4.78, 5) is 25.7. The van der Waals surface area contributed by atoms with Gasteiger partial charge in [0.05, 0.1) is 56.9 Å². The van der Waals surface area contributed by atoms with Gasteiger partial charge in [-0.1, -0.05) is 273 Å². The molecule has 0 aliphatic carbocycles. The molecule has 7 nitrogen and oxygen atoms in total. The molecular weight excluding hydrogens is 1350 g/mol. The fourth-order valence-electron chi connectivity index (χ4n) is 16.6. The third-order valence-corrected chi connectivity index (χ3v) is 22.0. The number of nitrogens with zero attached hydrogens (tertiary/aromatic N) is 7. The summed E-state index contributed by atoms with van der Waals surface area (Å²) in [5.74, 6) is 0. The Hall–Kier alpha value is -14.9. The first-order valence-corrected chi connectivity index (χ1v) is 37.7. The molecule has 0 radical (unpaired) electrons. The number of fused-ring (bicyclic) bond motifs is 15. The highest BCUT2D eigenvalue weighted by atomic mass is 15.1. The molecule has 0 amide bonds. The van der Waals surface area contributed by atoms with Crippen LogP contribution in [0.4, 0.5) is 34.1 Å². The number of hydrogen-bond acceptors (Lipinski definition) is 6. The molecule has 0 aliphatic heterocycles. The number of anilines is 6. The zero-order valence-electron chi connectivity index (χ0n) is 60.3. The Bertz CT molecular complexity index is 7110. The van der Waals surface area contributed by atoms with Crippen LogP contribution >= 0.6 is 0 Å². The molecule has 3 aromatic heterocycles. The molecule has 21 rings (SSSR count). The smallest absolute Gasteiger partial charge is 0.0979 e. The van der Waals surface area contributed by atoms with Crippen molar-refractivity contribution in [2.75, 3.05) is 9.80 Å². The van der Waals surface area contributed by atoms with E-state index in [1.54, 1.807) is 0 Å². The van der Waals surface area contributed by atoms with E-state index >= 15 is 0 Å². The van der Waals surface area contributed by atoms with Crippen molar-refractivity contribution in [3.8, 4) is 83.8 Å². The summed E-state index contributed by atoms with van der Waals surface area (Å²) in [6.45, 7) is 0. The van der Waals surface area contributed by atoms with Crippen molar-refractivity contribution in [2.45, 2.75) is 0 Å². The zero-order chi connectivity index (χ0) is 73.3. The van der Waals surface area contributed by atoms with E-state index in [0.29, 0.717) is 0 Å². The monoisotopic (exact) mass is 1410 g/mol. The minimum absolute atomic E-state index is 0.820. The Morgan fingerprint density at radius 2 is 0.477 bits per heavy atom. The number of aromatic nitrogens is 5. The van der Waals surface area contributed by atoms with Gasteiger partial charge in [0.1, 0.15) is 0 Å². The van der Waals surface area contributed by atoms with E-state index in [1.807, 2.05) is 12.4 Å². The van der Waals surface area contributed by atoms with Crippen LogP contribution in [-0.4, -0.2) is 24.5 Å². The molecule has 0 spiro atoms. The zero-order valence-corrected chi connectivity index (χ0v) is 60.3. The highest BCUT2D eigenvalue weighted by molar-refractivity contribution is 6.25. The Balaban J connectivity index is 0.532. The van der Waals surface area contributed by atoms with Crippen LogP contribution in [0.3, 0.4) is 0 Å². The summed E-state index contributed by atoms with van der Waals surface area (Å²) in [6, 6.07) is 142. The summed E-state index contributed by atoms with van der Waals surface area (Å²) < 4.78 is 2.36. The molecular formula is C104H67N7. The Kier molecular flexibility index (Phi) is 15.8. The molecule has 518 valence electrons. The minimum Gasteiger partial charge on any atom is -0.311 e. The average molecular weight is 1410 g/mol. The first-order valence-electron chi connectivity index (χ1n) is 37.7. The van der Waals surface area contributed by atoms with E-state index in [2.05, 4.69) is 409 Å². The molecule has 7 heteroatoms. The number of rotatable bonds is 14. The molecule has 0 bridgehead atoms. The van der Waals surface area contributed by atoms with Crippen molar-refractivity contribution in [2.24, 2.45) is 0 Å². The van der Waals surface area contributed by atoms with E-state index in [0.717, 1.165) is 167 Å². The van der Waals surface area contributed by atoms with Gasteiger partial charge < -0.3 is 14.4 Å². The molecule has 0 atom stereocenters. The summed E-state index contributed by atoms with van der Waals surface area (Å²) in [7, 11) is 0. The largest absolute Gasteiger partial charge is 0.311 e. The maximum atomic E-state index is 5.49. The Morgan fingerprint density at radius 3 is 0.928 bits per heavy atom. The van der Waals surface area contributed by atoms with E-state index in [4.69, 9.17) is 19.9 Å². The quantitative estimate of drug-likeness (QED) is 0.101. The first kappa shape index (κ1) is 64.5. The molecule has 0 unspecified atom stereocenters. The molecule has 0 N–H and O–H groups in total. The number of para-hydroxylation sites is 4. The normalized spacial score (nSPS) is 11.6. The average Bonchev–Trinajstić information content (AvgIpc) is 1.61. The van der Waals surface area contributed by atoms with Gasteiger partial charge in [-0.3, -0.25) is 9.97 Å². The molecule has 21 aromatic rings. The molecule has 18 aromatic carbocycles. The second-order valence-corrected chi connectivity index (χ2v) is 28.5. The highest BCUT2D eigenvalue weighted by Crippen LogP contribution is 2.44.